The minimum Gasteiger partial charge on any atom is -0.467 e. The van der Waals surface area contributed by atoms with Gasteiger partial charge in [-0.15, -0.1) is 0 Å². The van der Waals surface area contributed by atoms with Crippen LogP contribution in [0.25, 0.3) is 5.70 Å². The molecule has 0 saturated heterocycles. The molecule has 0 unspecified atom stereocenters. The summed E-state index contributed by atoms with van der Waals surface area (Å²) in [5.74, 6) is 0.637. The van der Waals surface area contributed by atoms with E-state index in [1.165, 1.54) is 5.56 Å². The number of hydrogen-bond donors (Lipinski definition) is 1. The lowest BCUT2D eigenvalue weighted by Crippen LogP contribution is -2.11. The van der Waals surface area contributed by atoms with Crippen LogP contribution in [0.15, 0.2) is 58.0 Å². The van der Waals surface area contributed by atoms with E-state index in [1.54, 1.807) is 7.11 Å². The lowest BCUT2D eigenvalue weighted by Gasteiger charge is -2.16. The Morgan fingerprint density at radius 2 is 1.73 bits per heavy atom. The summed E-state index contributed by atoms with van der Waals surface area (Å²) in [5.41, 5.74) is 13.1. The van der Waals surface area contributed by atoms with Crippen molar-refractivity contribution in [1.82, 2.24) is 0 Å². The minimum absolute atomic E-state index is 0.333. The molecule has 1 aliphatic heterocycles. The fraction of sp³-hybridized carbons (Fsp3) is 0.360. The van der Waals surface area contributed by atoms with Crippen molar-refractivity contribution < 1.29 is 4.74 Å². The molecule has 30 heavy (non-hydrogen) atoms. The van der Waals surface area contributed by atoms with Crippen molar-refractivity contribution in [2.45, 2.75) is 46.6 Å². The quantitative estimate of drug-likeness (QED) is 0.639. The van der Waals surface area contributed by atoms with E-state index in [-0.39, 0.29) is 0 Å². The van der Waals surface area contributed by atoms with Gasteiger partial charge in [-0.05, 0) is 66.5 Å². The van der Waals surface area contributed by atoms with Crippen molar-refractivity contribution in [2.24, 2.45) is 21.6 Å². The number of amidine groups is 1. The first-order valence-corrected chi connectivity index (χ1v) is 10.8. The van der Waals surface area contributed by atoms with Gasteiger partial charge in [0.15, 0.2) is 0 Å². The summed E-state index contributed by atoms with van der Waals surface area (Å²) in [5, 5.41) is 0.645. The zero-order chi connectivity index (χ0) is 21.7. The van der Waals surface area contributed by atoms with Crippen molar-refractivity contribution in [3.05, 3.63) is 75.3 Å². The second kappa shape index (κ2) is 10.1. The zero-order valence-electron chi connectivity index (χ0n) is 18.2. The van der Waals surface area contributed by atoms with Gasteiger partial charge in [-0.25, -0.2) is 0 Å². The molecule has 1 aliphatic rings. The highest BCUT2D eigenvalue weighted by molar-refractivity contribution is 6.32. The molecule has 5 heteroatoms. The molecule has 158 valence electrons. The number of methoxy groups -OCH3 is 1. The second-order valence-electron chi connectivity index (χ2n) is 8.10. The highest BCUT2D eigenvalue weighted by Gasteiger charge is 2.17. The second-order valence-corrected chi connectivity index (χ2v) is 8.51. The third-order valence-corrected chi connectivity index (χ3v) is 5.54. The molecule has 3 rings (SSSR count). The molecule has 0 aromatic heterocycles. The number of halogens is 1. The predicted molar refractivity (Wildman–Crippen MR) is 127 cm³/mol. The van der Waals surface area contributed by atoms with Gasteiger partial charge in [-0.3, -0.25) is 0 Å². The monoisotopic (exact) mass is 423 g/mol. The Morgan fingerprint density at radius 1 is 1.03 bits per heavy atom. The van der Waals surface area contributed by atoms with Gasteiger partial charge in [0, 0.05) is 17.1 Å². The maximum Gasteiger partial charge on any atom is 0.316 e. The number of nitrogens with zero attached hydrogens (tertiary/aromatic N) is 2. The number of ether oxygens (including phenoxy) is 1. The number of hydrogen-bond acceptors (Lipinski definition) is 4. The molecule has 0 atom stereocenters. The summed E-state index contributed by atoms with van der Waals surface area (Å²) in [4.78, 5) is 9.48. The van der Waals surface area contributed by atoms with Gasteiger partial charge in [-0.2, -0.15) is 9.98 Å². The van der Waals surface area contributed by atoms with Crippen molar-refractivity contribution in [2.75, 3.05) is 7.11 Å². The Balaban J connectivity index is 1.97. The largest absolute Gasteiger partial charge is 0.467 e. The van der Waals surface area contributed by atoms with Crippen LogP contribution >= 0.6 is 11.6 Å². The van der Waals surface area contributed by atoms with E-state index in [2.05, 4.69) is 45.0 Å². The average Bonchev–Trinajstić information content (AvgIpc) is 2.72. The summed E-state index contributed by atoms with van der Waals surface area (Å²) in [7, 11) is 1.60. The number of nitrogens with two attached hydrogens (primary N) is 1. The Morgan fingerprint density at radius 3 is 2.37 bits per heavy atom. The molecule has 0 spiro atoms. The standard InChI is InChI=1S/C25H30ClN3O/c1-16(2)13-18-6-9-20(10-7-18)23-12-5-17(3)24(29-25(28-23)30-4)21-14-19(15-27)8-11-22(21)26/h6-11,14,16H,5,12-13,15,27H2,1-4H3. The van der Waals surface area contributed by atoms with Gasteiger partial charge < -0.3 is 10.5 Å². The SMILES string of the molecule is COC1=NC(c2cc(CN)ccc2Cl)=C(C)CCC(c2ccc(CC(C)C)cc2)=N1. The van der Waals surface area contributed by atoms with Gasteiger partial charge in [0.1, 0.15) is 0 Å². The normalized spacial score (nSPS) is 14.9. The third kappa shape index (κ3) is 5.38. The number of benzene rings is 2. The topological polar surface area (TPSA) is 60.0 Å². The van der Waals surface area contributed by atoms with Crippen molar-refractivity contribution in [3.8, 4) is 0 Å². The molecule has 0 bridgehead atoms. The van der Waals surface area contributed by atoms with Crippen LogP contribution in [0.1, 0.15) is 55.9 Å². The average molecular weight is 424 g/mol. The van der Waals surface area contributed by atoms with Gasteiger partial charge in [-0.1, -0.05) is 55.8 Å². The predicted octanol–water partition coefficient (Wildman–Crippen LogP) is 6.01. The van der Waals surface area contributed by atoms with Crippen LogP contribution in [0.2, 0.25) is 5.02 Å². The number of allylic oxidation sites excluding steroid dienone is 1. The molecule has 2 aromatic carbocycles. The van der Waals surface area contributed by atoms with E-state index >= 15 is 0 Å². The molecule has 4 nitrogen and oxygen atoms in total. The smallest absolute Gasteiger partial charge is 0.316 e. The summed E-state index contributed by atoms with van der Waals surface area (Å²) in [6.45, 7) is 7.01. The Hall–Kier alpha value is -2.43. The Labute approximate surface area is 184 Å². The van der Waals surface area contributed by atoms with Crippen LogP contribution < -0.4 is 5.73 Å². The molecule has 0 amide bonds. The fourth-order valence-corrected chi connectivity index (χ4v) is 3.79. The van der Waals surface area contributed by atoms with Gasteiger partial charge in [0.05, 0.1) is 18.5 Å². The molecule has 0 radical (unpaired) electrons. The Bertz CT molecular complexity index is 988. The summed E-state index contributed by atoms with van der Waals surface area (Å²) in [6, 6.07) is 14.8. The maximum atomic E-state index is 6.49. The maximum absolute atomic E-state index is 6.49. The molecule has 2 N–H and O–H groups in total. The van der Waals surface area contributed by atoms with E-state index < -0.39 is 0 Å². The van der Waals surface area contributed by atoms with Gasteiger partial charge >= 0.3 is 6.02 Å². The van der Waals surface area contributed by atoms with E-state index in [4.69, 9.17) is 32.1 Å². The highest BCUT2D eigenvalue weighted by atomic mass is 35.5. The van der Waals surface area contributed by atoms with Crippen LogP contribution in [0, 0.1) is 5.92 Å². The molecule has 0 saturated carbocycles. The Kier molecular flexibility index (Phi) is 7.46. The summed E-state index contributed by atoms with van der Waals surface area (Å²) < 4.78 is 5.51. The highest BCUT2D eigenvalue weighted by Crippen LogP contribution is 2.32. The minimum atomic E-state index is 0.333. The van der Waals surface area contributed by atoms with E-state index in [0.717, 1.165) is 52.9 Å². The van der Waals surface area contributed by atoms with Gasteiger partial charge in [0.2, 0.25) is 0 Å². The lowest BCUT2D eigenvalue weighted by molar-refractivity contribution is 0.397. The van der Waals surface area contributed by atoms with Gasteiger partial charge in [0.25, 0.3) is 0 Å². The first-order valence-electron chi connectivity index (χ1n) is 10.4. The fourth-order valence-electron chi connectivity index (χ4n) is 3.59. The van der Waals surface area contributed by atoms with Crippen molar-refractivity contribution in [1.29, 1.82) is 0 Å². The van der Waals surface area contributed by atoms with Crippen molar-refractivity contribution in [3.63, 3.8) is 0 Å². The van der Waals surface area contributed by atoms with Crippen LogP contribution in [-0.2, 0) is 17.7 Å². The van der Waals surface area contributed by atoms with Crippen molar-refractivity contribution >= 4 is 29.0 Å². The van der Waals surface area contributed by atoms with E-state index in [1.807, 2.05) is 18.2 Å². The summed E-state index contributed by atoms with van der Waals surface area (Å²) in [6.07, 6.45) is 2.71. The molecular weight excluding hydrogens is 394 g/mol. The molecule has 1 heterocycles. The van der Waals surface area contributed by atoms with E-state index in [0.29, 0.717) is 23.5 Å². The number of rotatable bonds is 5. The molecule has 0 aliphatic carbocycles. The van der Waals surface area contributed by atoms with Crippen LogP contribution in [0.5, 0.6) is 0 Å². The van der Waals surface area contributed by atoms with Crippen LogP contribution in [0.3, 0.4) is 0 Å². The first kappa shape index (κ1) is 22.3. The zero-order valence-corrected chi connectivity index (χ0v) is 19.0. The number of aliphatic imine (C=N–C) groups is 2. The molecule has 2 aromatic rings. The molecular formula is C25H30ClN3O. The van der Waals surface area contributed by atoms with Crippen LogP contribution in [0.4, 0.5) is 0 Å². The molecule has 0 fully saturated rings. The van der Waals surface area contributed by atoms with Crippen LogP contribution in [-0.4, -0.2) is 18.8 Å². The third-order valence-electron chi connectivity index (χ3n) is 5.21. The first-order chi connectivity index (χ1) is 14.4. The van der Waals surface area contributed by atoms with E-state index in [9.17, 15) is 0 Å². The lowest BCUT2D eigenvalue weighted by atomic mass is 9.96. The summed E-state index contributed by atoms with van der Waals surface area (Å²) >= 11 is 6.49.